The van der Waals surface area contributed by atoms with Gasteiger partial charge in [0, 0.05) is 68.8 Å². The minimum Gasteiger partial charge on any atom is -0.458 e. The number of aryl methyl sites for hydroxylation is 1. The molecule has 5 aliphatic rings. The number of benzene rings is 3. The number of aromatic nitrogens is 1. The summed E-state index contributed by atoms with van der Waals surface area (Å²) in [4.78, 5) is 147. The Hall–Kier alpha value is -8.84. The molecule has 0 saturated carbocycles. The zero-order valence-electron chi connectivity index (χ0n) is 51.9. The summed E-state index contributed by atoms with van der Waals surface area (Å²) in [5, 5.41) is 28.3. The van der Waals surface area contributed by atoms with Crippen molar-refractivity contribution in [3.8, 4) is 11.3 Å². The van der Waals surface area contributed by atoms with Gasteiger partial charge in [0.15, 0.2) is 5.60 Å². The van der Waals surface area contributed by atoms with Gasteiger partial charge in [-0.1, -0.05) is 37.3 Å². The molecular weight excluding hydrogens is 1220 g/mol. The molecule has 7 N–H and O–H groups in total. The quantitative estimate of drug-likeness (QED) is 0.0199. The van der Waals surface area contributed by atoms with Crippen LogP contribution in [0.1, 0.15) is 71.2 Å². The van der Waals surface area contributed by atoms with Gasteiger partial charge in [-0.15, -0.1) is 0 Å². The van der Waals surface area contributed by atoms with Crippen LogP contribution in [0.5, 0.6) is 0 Å². The van der Waals surface area contributed by atoms with E-state index in [1.54, 1.807) is 66.1 Å². The zero-order chi connectivity index (χ0) is 66.2. The highest BCUT2D eigenvalue weighted by Gasteiger charge is 2.46. The number of aliphatic hydroxyl groups is 1. The van der Waals surface area contributed by atoms with Crippen molar-refractivity contribution in [2.45, 2.75) is 76.8 Å². The summed E-state index contributed by atoms with van der Waals surface area (Å²) in [7, 11) is 0. The van der Waals surface area contributed by atoms with E-state index < -0.39 is 115 Å². The molecule has 1 saturated heterocycles. The van der Waals surface area contributed by atoms with Gasteiger partial charge < -0.3 is 74.9 Å². The summed E-state index contributed by atoms with van der Waals surface area (Å²) in [6.07, 6.45) is 3.08. The first-order valence-electron chi connectivity index (χ1n) is 30.9. The number of fused-ring (bicyclic) bond motifs is 5. The Bertz CT molecular complexity index is 3560. The number of ether oxygens (including phenoxy) is 6. The van der Waals surface area contributed by atoms with Gasteiger partial charge >= 0.3 is 5.97 Å². The average Bonchev–Trinajstić information content (AvgIpc) is 1.63. The third kappa shape index (κ3) is 17.3. The third-order valence-corrected chi connectivity index (χ3v) is 16.8. The van der Waals surface area contributed by atoms with Crippen LogP contribution in [0.2, 0.25) is 0 Å². The minimum atomic E-state index is -2.04. The number of carbonyl (C=O) groups is 10. The molecule has 9 rings (SSSR count). The van der Waals surface area contributed by atoms with Gasteiger partial charge in [0.2, 0.25) is 41.4 Å². The van der Waals surface area contributed by atoms with Crippen molar-refractivity contribution < 1.29 is 85.9 Å². The van der Waals surface area contributed by atoms with Crippen LogP contribution in [0.4, 0.5) is 4.39 Å². The van der Waals surface area contributed by atoms with E-state index in [0.717, 1.165) is 21.4 Å². The molecule has 1 aromatic heterocycles. The van der Waals surface area contributed by atoms with Gasteiger partial charge in [-0.3, -0.25) is 57.7 Å². The summed E-state index contributed by atoms with van der Waals surface area (Å²) in [6.45, 7) is 3.38. The van der Waals surface area contributed by atoms with Crippen molar-refractivity contribution >= 4 is 69.9 Å². The lowest BCUT2D eigenvalue weighted by Crippen LogP contribution is -2.52. The van der Waals surface area contributed by atoms with Crippen LogP contribution in [-0.4, -0.2) is 215 Å². The van der Waals surface area contributed by atoms with Crippen LogP contribution in [0.25, 0.3) is 22.0 Å². The monoisotopic (exact) mass is 1290 g/mol. The molecule has 29 heteroatoms. The standard InChI is InChI=1S/C64H77FN10O18/c1-3-64(87)46-30-50-43-28-41-29-47(65)39(2)42-9-10-48(60(59(41)42)44(43)34-75(50)62(85)45(46)36-93-63(64)86)70-55(80)37-92-38-69-52(77)32-68-61(84)49(27-40-7-5-4-6-8-40)71-53(78)33-66-51(76)31-67-54(79)35-72-15-19-88-23-25-90-21-17-73(18-22-91-26-24-89-20-16-72)56(81)13-14-74-57(82)11-12-58(74)83/h4-8,11-12,28-30,48-49,87H,3,9-10,13-27,31-38H2,1-2H3,(H,66,76)(H,67,79)(H,68,84)(H,69,77)(H,70,80)(H,71,78)/t48-,49-,64-/m0/s1. The molecule has 0 spiro atoms. The minimum absolute atomic E-state index is 0.0170. The Morgan fingerprint density at radius 1 is 0.742 bits per heavy atom. The highest BCUT2D eigenvalue weighted by molar-refractivity contribution is 6.13. The molecule has 0 radical (unpaired) electrons. The largest absolute Gasteiger partial charge is 0.458 e. The summed E-state index contributed by atoms with van der Waals surface area (Å²) in [5.74, 6) is -6.31. The Kier molecular flexibility index (Phi) is 23.7. The number of imide groups is 1. The van der Waals surface area contributed by atoms with Gasteiger partial charge in [-0.05, 0) is 83.0 Å². The van der Waals surface area contributed by atoms with Crippen molar-refractivity contribution in [3.63, 3.8) is 0 Å². The average molecular weight is 1290 g/mol. The van der Waals surface area contributed by atoms with E-state index in [0.29, 0.717) is 59.3 Å². The van der Waals surface area contributed by atoms with E-state index in [1.807, 2.05) is 0 Å². The predicted octanol–water partition coefficient (Wildman–Crippen LogP) is -1.07. The molecule has 93 heavy (non-hydrogen) atoms. The van der Waals surface area contributed by atoms with Gasteiger partial charge in [-0.2, -0.15) is 0 Å². The lowest BCUT2D eigenvalue weighted by Gasteiger charge is -2.31. The van der Waals surface area contributed by atoms with Gasteiger partial charge in [0.25, 0.3) is 17.4 Å². The summed E-state index contributed by atoms with van der Waals surface area (Å²) < 4.78 is 50.6. The van der Waals surface area contributed by atoms with Crippen molar-refractivity contribution in [1.29, 1.82) is 0 Å². The number of amides is 9. The Morgan fingerprint density at radius 2 is 1.38 bits per heavy atom. The number of esters is 1. The summed E-state index contributed by atoms with van der Waals surface area (Å²) in [5.41, 5.74) is 2.22. The molecule has 1 aliphatic carbocycles. The summed E-state index contributed by atoms with van der Waals surface area (Å²) >= 11 is 0. The Balaban J connectivity index is 0.694. The lowest BCUT2D eigenvalue weighted by molar-refractivity contribution is -0.172. The number of nitrogens with one attached hydrogen (secondary N) is 6. The molecule has 3 atom stereocenters. The van der Waals surface area contributed by atoms with E-state index in [4.69, 9.17) is 28.4 Å². The van der Waals surface area contributed by atoms with Crippen molar-refractivity contribution in [1.82, 2.24) is 51.2 Å². The van der Waals surface area contributed by atoms with E-state index in [9.17, 15) is 57.8 Å². The summed E-state index contributed by atoms with van der Waals surface area (Å²) in [6, 6.07) is 11.8. The fourth-order valence-electron chi connectivity index (χ4n) is 11.8. The first-order chi connectivity index (χ1) is 44.8. The molecule has 0 bridgehead atoms. The van der Waals surface area contributed by atoms with Crippen LogP contribution >= 0.6 is 0 Å². The molecule has 4 aromatic rings. The number of pyridine rings is 1. The number of hydrogen-bond acceptors (Lipinski definition) is 19. The fourth-order valence-corrected chi connectivity index (χ4v) is 11.8. The molecule has 4 aliphatic heterocycles. The second-order valence-electron chi connectivity index (χ2n) is 22.8. The fraction of sp³-hybridized carbons (Fsp3) is 0.484. The molecule has 5 heterocycles. The lowest BCUT2D eigenvalue weighted by atomic mass is 9.79. The van der Waals surface area contributed by atoms with Crippen molar-refractivity contribution in [2.75, 3.05) is 125 Å². The molecule has 3 aromatic carbocycles. The van der Waals surface area contributed by atoms with Gasteiger partial charge in [0.05, 0.1) is 103 Å². The van der Waals surface area contributed by atoms with Crippen LogP contribution in [0.3, 0.4) is 0 Å². The Morgan fingerprint density at radius 3 is 2.05 bits per heavy atom. The van der Waals surface area contributed by atoms with Crippen LogP contribution < -0.4 is 37.5 Å². The van der Waals surface area contributed by atoms with Crippen molar-refractivity contribution in [3.05, 3.63) is 116 Å². The first kappa shape index (κ1) is 68.5. The molecule has 498 valence electrons. The highest BCUT2D eigenvalue weighted by atomic mass is 19.1. The van der Waals surface area contributed by atoms with Crippen LogP contribution in [-0.2, 0) is 108 Å². The zero-order valence-corrected chi connectivity index (χ0v) is 51.9. The normalized spacial score (nSPS) is 19.1. The SMILES string of the molecule is CC[C@@]1(O)C(=O)OCc2c1cc1n(c2=O)Cc2c-1cc1cc(F)c(C)c3c1c2[C@@H](NC(=O)COCNC(=O)CNC(=O)[C@H](Cc1ccccc1)NC(=O)CNC(=O)CNC(=O)CN1CCOCCOCCN(C(=O)CCN2C(=O)C=CC2=O)CCOCCOCC1)CC3. The molecular formula is C64H77FN10O18. The second kappa shape index (κ2) is 32.1. The maximum atomic E-state index is 15.5. The number of halogens is 1. The highest BCUT2D eigenvalue weighted by Crippen LogP contribution is 2.47. The van der Waals surface area contributed by atoms with Gasteiger partial charge in [0.1, 0.15) is 31.8 Å². The van der Waals surface area contributed by atoms with E-state index in [-0.39, 0.29) is 128 Å². The van der Waals surface area contributed by atoms with Gasteiger partial charge in [-0.25, -0.2) is 9.18 Å². The maximum Gasteiger partial charge on any atom is 0.343 e. The van der Waals surface area contributed by atoms with Crippen molar-refractivity contribution in [2.24, 2.45) is 0 Å². The van der Waals surface area contributed by atoms with E-state index >= 15 is 4.39 Å². The van der Waals surface area contributed by atoms with E-state index in [2.05, 4.69) is 31.9 Å². The first-order valence-corrected chi connectivity index (χ1v) is 30.9. The van der Waals surface area contributed by atoms with Crippen LogP contribution in [0.15, 0.2) is 65.5 Å². The maximum absolute atomic E-state index is 15.5. The van der Waals surface area contributed by atoms with E-state index in [1.165, 1.54) is 22.8 Å². The second-order valence-corrected chi connectivity index (χ2v) is 22.8. The smallest absolute Gasteiger partial charge is 0.343 e. The topological polar surface area (TPSA) is 350 Å². The number of rotatable bonds is 21. The van der Waals surface area contributed by atoms with Crippen LogP contribution in [0, 0.1) is 12.7 Å². The Labute approximate surface area is 534 Å². The molecule has 0 unspecified atom stereocenters. The predicted molar refractivity (Wildman–Crippen MR) is 327 cm³/mol. The number of carbonyl (C=O) groups excluding carboxylic acids is 10. The molecule has 28 nitrogen and oxygen atoms in total. The molecule has 9 amide bonds. The number of hydrogen-bond donors (Lipinski definition) is 7. The third-order valence-electron chi connectivity index (χ3n) is 16.8. The number of nitrogens with zero attached hydrogens (tertiary/aromatic N) is 4. The molecule has 1 fully saturated rings. The number of cyclic esters (lactones) is 1.